The molecule has 3 N–H and O–H groups in total. The van der Waals surface area contributed by atoms with Crippen LogP contribution in [0.5, 0.6) is 17.2 Å². The van der Waals surface area contributed by atoms with Gasteiger partial charge < -0.3 is 34.7 Å². The van der Waals surface area contributed by atoms with Gasteiger partial charge in [0.2, 0.25) is 0 Å². The summed E-state index contributed by atoms with van der Waals surface area (Å²) in [4.78, 5) is 23.9. The molecule has 3 aliphatic heterocycles. The fourth-order valence-corrected chi connectivity index (χ4v) is 5.81. The summed E-state index contributed by atoms with van der Waals surface area (Å²) in [7, 11) is 3.26. The van der Waals surface area contributed by atoms with Crippen molar-refractivity contribution in [3.63, 3.8) is 0 Å². The molecule has 1 saturated heterocycles. The minimum absolute atomic E-state index is 0.0956. The smallest absolute Gasteiger partial charge is 0.255 e. The number of nitrogens with zero attached hydrogens (tertiary/aromatic N) is 2. The predicted octanol–water partition coefficient (Wildman–Crippen LogP) is 4.16. The maximum atomic E-state index is 13.3. The third kappa shape index (κ3) is 4.48. The van der Waals surface area contributed by atoms with Gasteiger partial charge in [0.15, 0.2) is 0 Å². The number of pyridine rings is 1. The average Bonchev–Trinajstić information content (AvgIpc) is 3.54. The van der Waals surface area contributed by atoms with Crippen molar-refractivity contribution < 1.29 is 19.0 Å². The molecule has 9 nitrogen and oxygen atoms in total. The Morgan fingerprint density at radius 1 is 1.16 bits per heavy atom. The highest BCUT2D eigenvalue weighted by atomic mass is 16.5. The van der Waals surface area contributed by atoms with Crippen LogP contribution in [-0.4, -0.2) is 67.8 Å². The van der Waals surface area contributed by atoms with Gasteiger partial charge >= 0.3 is 0 Å². The summed E-state index contributed by atoms with van der Waals surface area (Å²) in [6.07, 6.45) is 6.75. The second-order valence-corrected chi connectivity index (χ2v) is 10.0. The van der Waals surface area contributed by atoms with E-state index in [1.807, 2.05) is 24.3 Å². The Hall–Kier alpha value is -3.72. The third-order valence-corrected chi connectivity index (χ3v) is 7.76. The summed E-state index contributed by atoms with van der Waals surface area (Å²) >= 11 is 0. The lowest BCUT2D eigenvalue weighted by molar-refractivity contribution is 0.0939. The molecule has 9 heteroatoms. The van der Waals surface area contributed by atoms with E-state index in [0.717, 1.165) is 55.8 Å². The van der Waals surface area contributed by atoms with E-state index in [9.17, 15) is 4.79 Å². The minimum Gasteiger partial charge on any atom is -0.497 e. The van der Waals surface area contributed by atoms with E-state index in [1.54, 1.807) is 26.6 Å². The number of hydrogen-bond donors (Lipinski definition) is 3. The number of benzene rings is 1. The molecule has 6 rings (SSSR count). The topological polar surface area (TPSA) is 101 Å². The van der Waals surface area contributed by atoms with Crippen LogP contribution < -0.4 is 24.8 Å². The summed E-state index contributed by atoms with van der Waals surface area (Å²) < 4.78 is 17.5. The lowest BCUT2D eigenvalue weighted by atomic mass is 9.92. The van der Waals surface area contributed by atoms with Gasteiger partial charge in [-0.1, -0.05) is 0 Å². The van der Waals surface area contributed by atoms with Gasteiger partial charge in [-0.2, -0.15) is 0 Å². The number of H-pyrrole nitrogens is 1. The summed E-state index contributed by atoms with van der Waals surface area (Å²) in [5.74, 6) is 2.64. The second kappa shape index (κ2) is 9.97. The van der Waals surface area contributed by atoms with E-state index >= 15 is 0 Å². The van der Waals surface area contributed by atoms with E-state index in [4.69, 9.17) is 14.2 Å². The number of nitrogens with one attached hydrogen (secondary N) is 3. The Morgan fingerprint density at radius 2 is 2.08 bits per heavy atom. The van der Waals surface area contributed by atoms with E-state index in [-0.39, 0.29) is 11.8 Å². The molecule has 5 heterocycles. The molecule has 0 spiro atoms. The van der Waals surface area contributed by atoms with Gasteiger partial charge in [-0.05, 0) is 50.6 Å². The molecule has 3 atom stereocenters. The van der Waals surface area contributed by atoms with E-state index in [2.05, 4.69) is 25.5 Å². The number of carbonyl (C=O) groups is 1. The van der Waals surface area contributed by atoms with E-state index in [0.29, 0.717) is 53.3 Å². The number of aromatic nitrogens is 2. The van der Waals surface area contributed by atoms with Gasteiger partial charge in [0.1, 0.15) is 17.2 Å². The lowest BCUT2D eigenvalue weighted by Crippen LogP contribution is -2.35. The highest BCUT2D eigenvalue weighted by Gasteiger charge is 2.34. The van der Waals surface area contributed by atoms with Gasteiger partial charge in [-0.3, -0.25) is 9.78 Å². The number of amides is 1. The standard InChI is InChI=1S/C28H33N5O4/c1-35-19-5-6-22(36-2)21(12-19)31-27-24-25-18(13-30-28(24)34)4-3-10-33-11-8-17(15-33)16-37-23-14-29-9-7-20(23)26(27)32-25/h5-7,9,12,14,17-18,31-32H,3-4,8,10-11,13,15-16H2,1-2H3,(H,30,34)/t17-,18-/m1/s1. The van der Waals surface area contributed by atoms with Crippen molar-refractivity contribution >= 4 is 17.3 Å². The zero-order valence-electron chi connectivity index (χ0n) is 21.3. The molecule has 0 aliphatic carbocycles. The number of fused-ring (bicyclic) bond motifs is 5. The molecule has 1 unspecified atom stereocenters. The van der Waals surface area contributed by atoms with Crippen LogP contribution in [0, 0.1) is 5.92 Å². The van der Waals surface area contributed by atoms with Gasteiger partial charge in [-0.15, -0.1) is 0 Å². The molecule has 3 aliphatic rings. The SMILES string of the molecule is COc1ccc(OC)c(Nc2c3[nH]c4c2C(=O)NC[C@H]4CCCN2CC[C@@H](COc4cnccc4-3)C2)c1. The number of rotatable bonds is 4. The summed E-state index contributed by atoms with van der Waals surface area (Å²) in [5.41, 5.74) is 4.67. The number of methoxy groups -OCH3 is 2. The van der Waals surface area contributed by atoms with Gasteiger partial charge in [0.05, 0.1) is 49.7 Å². The van der Waals surface area contributed by atoms with Gasteiger partial charge in [-0.25, -0.2) is 0 Å². The Labute approximate surface area is 216 Å². The minimum atomic E-state index is -0.0956. The molecule has 37 heavy (non-hydrogen) atoms. The van der Waals surface area contributed by atoms with E-state index in [1.165, 1.54) is 0 Å². The first-order chi connectivity index (χ1) is 18.1. The maximum absolute atomic E-state index is 13.3. The maximum Gasteiger partial charge on any atom is 0.255 e. The lowest BCUT2D eigenvalue weighted by Gasteiger charge is -2.25. The van der Waals surface area contributed by atoms with Crippen molar-refractivity contribution in [3.05, 3.63) is 47.9 Å². The fourth-order valence-electron chi connectivity index (χ4n) is 5.81. The molecule has 0 radical (unpaired) electrons. The van der Waals surface area contributed by atoms with Crippen molar-refractivity contribution in [2.24, 2.45) is 5.92 Å². The van der Waals surface area contributed by atoms with Crippen molar-refractivity contribution in [3.8, 4) is 28.5 Å². The average molecular weight is 504 g/mol. The van der Waals surface area contributed by atoms with Crippen LogP contribution in [0.3, 0.4) is 0 Å². The van der Waals surface area contributed by atoms with Crippen LogP contribution in [-0.2, 0) is 0 Å². The second-order valence-electron chi connectivity index (χ2n) is 10.0. The quantitative estimate of drug-likeness (QED) is 0.492. The molecule has 1 aromatic carbocycles. The number of aromatic amines is 1. The third-order valence-electron chi connectivity index (χ3n) is 7.76. The van der Waals surface area contributed by atoms with Crippen molar-refractivity contribution in [2.45, 2.75) is 25.2 Å². The van der Waals surface area contributed by atoms with Crippen LogP contribution in [0.4, 0.5) is 11.4 Å². The summed E-state index contributed by atoms with van der Waals surface area (Å²) in [6, 6.07) is 7.52. The monoisotopic (exact) mass is 503 g/mol. The van der Waals surface area contributed by atoms with Crippen LogP contribution >= 0.6 is 0 Å². The van der Waals surface area contributed by atoms with Crippen LogP contribution in [0.1, 0.15) is 41.2 Å². The van der Waals surface area contributed by atoms with Gasteiger partial charge in [0, 0.05) is 48.4 Å². The first-order valence-electron chi connectivity index (χ1n) is 13.0. The fraction of sp³-hybridized carbons (Fsp3) is 0.429. The molecule has 0 saturated carbocycles. The largest absolute Gasteiger partial charge is 0.497 e. The number of anilines is 2. The summed E-state index contributed by atoms with van der Waals surface area (Å²) in [5, 5.41) is 6.66. The first kappa shape index (κ1) is 23.7. The van der Waals surface area contributed by atoms with E-state index < -0.39 is 0 Å². The number of hydrogen-bond acceptors (Lipinski definition) is 7. The number of carbonyl (C=O) groups excluding carboxylic acids is 1. The Kier molecular flexibility index (Phi) is 6.38. The normalized spacial score (nSPS) is 22.8. The van der Waals surface area contributed by atoms with Crippen molar-refractivity contribution in [1.82, 2.24) is 20.2 Å². The molecule has 3 aromatic rings. The zero-order valence-corrected chi connectivity index (χ0v) is 21.3. The van der Waals surface area contributed by atoms with Gasteiger partial charge in [0.25, 0.3) is 5.91 Å². The molecule has 1 fully saturated rings. The molecule has 194 valence electrons. The van der Waals surface area contributed by atoms with Crippen molar-refractivity contribution in [2.75, 3.05) is 52.3 Å². The molecular formula is C28H33N5O4. The highest BCUT2D eigenvalue weighted by Crippen LogP contribution is 2.44. The Bertz CT molecular complexity index is 1310. The number of ether oxygens (including phenoxy) is 3. The van der Waals surface area contributed by atoms with Crippen LogP contribution in [0.2, 0.25) is 0 Å². The molecular weight excluding hydrogens is 470 g/mol. The molecule has 2 aromatic heterocycles. The zero-order chi connectivity index (χ0) is 25.4. The first-order valence-corrected chi connectivity index (χ1v) is 13.0. The van der Waals surface area contributed by atoms with Crippen LogP contribution in [0.15, 0.2) is 36.7 Å². The van der Waals surface area contributed by atoms with Crippen LogP contribution in [0.25, 0.3) is 11.3 Å². The Morgan fingerprint density at radius 3 is 2.95 bits per heavy atom. The highest BCUT2D eigenvalue weighted by molar-refractivity contribution is 6.07. The predicted molar refractivity (Wildman–Crippen MR) is 141 cm³/mol. The Balaban J connectivity index is 1.51. The summed E-state index contributed by atoms with van der Waals surface area (Å²) in [6.45, 7) is 4.51. The molecule has 4 bridgehead atoms. The van der Waals surface area contributed by atoms with Crippen molar-refractivity contribution in [1.29, 1.82) is 0 Å². The molecule has 1 amide bonds.